The van der Waals surface area contributed by atoms with E-state index in [0.717, 1.165) is 71.1 Å². The topological polar surface area (TPSA) is 63.3 Å². The Morgan fingerprint density at radius 1 is 0.973 bits per heavy atom. The Kier molecular flexibility index (Phi) is 6.58. The van der Waals surface area contributed by atoms with Gasteiger partial charge in [0.25, 0.3) is 0 Å². The lowest BCUT2D eigenvalue weighted by Gasteiger charge is -2.25. The van der Waals surface area contributed by atoms with Crippen molar-refractivity contribution in [3.8, 4) is 23.1 Å². The molecule has 2 saturated heterocycles. The number of nitriles is 1. The van der Waals surface area contributed by atoms with Crippen molar-refractivity contribution in [1.29, 1.82) is 5.26 Å². The highest BCUT2D eigenvalue weighted by atomic mass is 16.5. The average Bonchev–Trinajstić information content (AvgIpc) is 3.48. The van der Waals surface area contributed by atoms with Crippen LogP contribution >= 0.6 is 0 Å². The van der Waals surface area contributed by atoms with Crippen LogP contribution in [0.15, 0.2) is 54.6 Å². The molecule has 190 valence electrons. The number of fused-ring (bicyclic) bond motifs is 2. The van der Waals surface area contributed by atoms with E-state index in [4.69, 9.17) is 14.6 Å². The molecule has 6 heteroatoms. The zero-order valence-corrected chi connectivity index (χ0v) is 21.7. The van der Waals surface area contributed by atoms with Gasteiger partial charge < -0.3 is 9.47 Å². The third-order valence-electron chi connectivity index (χ3n) is 8.10. The van der Waals surface area contributed by atoms with Crippen LogP contribution in [0.4, 0.5) is 0 Å². The molecule has 3 atom stereocenters. The monoisotopic (exact) mass is 494 g/mol. The van der Waals surface area contributed by atoms with Gasteiger partial charge in [0.2, 0.25) is 0 Å². The fourth-order valence-corrected chi connectivity index (χ4v) is 5.98. The molecule has 0 N–H and O–H groups in total. The number of hydrogen-bond donors (Lipinski definition) is 0. The molecule has 3 unspecified atom stereocenters. The van der Waals surface area contributed by atoms with Crippen LogP contribution in [0.25, 0.3) is 32.9 Å². The first kappa shape index (κ1) is 24.0. The van der Waals surface area contributed by atoms with Gasteiger partial charge in [-0.05, 0) is 93.1 Å². The Bertz CT molecular complexity index is 1450. The van der Waals surface area contributed by atoms with Crippen LogP contribution in [-0.2, 0) is 4.74 Å². The summed E-state index contributed by atoms with van der Waals surface area (Å²) >= 11 is 0. The number of likely N-dealkylation sites (tertiary alicyclic amines) is 1. The Morgan fingerprint density at radius 2 is 1.78 bits per heavy atom. The first-order chi connectivity index (χ1) is 18.1. The van der Waals surface area contributed by atoms with Gasteiger partial charge in [-0.1, -0.05) is 18.2 Å². The predicted molar refractivity (Wildman–Crippen MR) is 147 cm³/mol. The van der Waals surface area contributed by atoms with Crippen LogP contribution in [-0.4, -0.2) is 46.5 Å². The Balaban J connectivity index is 1.27. The molecule has 2 fully saturated rings. The molecule has 0 aliphatic carbocycles. The lowest BCUT2D eigenvalue weighted by molar-refractivity contribution is -0.0365. The summed E-state index contributed by atoms with van der Waals surface area (Å²) in [5.41, 5.74) is 3.56. The summed E-state index contributed by atoms with van der Waals surface area (Å²) in [7, 11) is 0. The fraction of sp³-hybridized carbons (Fsp3) is 0.419. The maximum absolute atomic E-state index is 9.51. The molecule has 2 aliphatic rings. The molecule has 0 spiro atoms. The quantitative estimate of drug-likeness (QED) is 0.299. The summed E-state index contributed by atoms with van der Waals surface area (Å²) in [5, 5.41) is 17.8. The summed E-state index contributed by atoms with van der Waals surface area (Å²) < 4.78 is 14.2. The lowest BCUT2D eigenvalue weighted by atomic mass is 10.0. The van der Waals surface area contributed by atoms with E-state index in [-0.39, 0.29) is 6.23 Å². The number of rotatable bonds is 6. The molecule has 6 rings (SSSR count). The number of nitrogens with zero attached hydrogens (tertiary/aromatic N) is 4. The van der Waals surface area contributed by atoms with E-state index in [2.05, 4.69) is 61.2 Å². The number of benzene rings is 3. The first-order valence-corrected chi connectivity index (χ1v) is 13.6. The van der Waals surface area contributed by atoms with Gasteiger partial charge in [0.15, 0.2) is 6.23 Å². The van der Waals surface area contributed by atoms with Crippen molar-refractivity contribution in [2.75, 3.05) is 19.8 Å². The van der Waals surface area contributed by atoms with E-state index in [9.17, 15) is 5.26 Å². The Hall–Kier alpha value is -3.40. The van der Waals surface area contributed by atoms with E-state index in [1.807, 2.05) is 22.9 Å². The third kappa shape index (κ3) is 4.70. The van der Waals surface area contributed by atoms with E-state index >= 15 is 0 Å². The highest BCUT2D eigenvalue weighted by molar-refractivity contribution is 5.97. The van der Waals surface area contributed by atoms with Gasteiger partial charge in [-0.2, -0.15) is 10.4 Å². The first-order valence-electron chi connectivity index (χ1n) is 13.6. The SMILES string of the molecule is CC1CCC(C)N1CCOc1ccc2cc(-c3nn(C4CCCCO4)c4ccc(C#N)cc34)ccc2c1. The Labute approximate surface area is 218 Å². The molecule has 3 heterocycles. The summed E-state index contributed by atoms with van der Waals surface area (Å²) in [6, 6.07) is 22.1. The molecule has 0 radical (unpaired) electrons. The molecule has 4 aromatic rings. The number of hydrogen-bond acceptors (Lipinski definition) is 5. The molecule has 6 nitrogen and oxygen atoms in total. The van der Waals surface area contributed by atoms with Gasteiger partial charge in [0.05, 0.1) is 17.1 Å². The van der Waals surface area contributed by atoms with Crippen LogP contribution in [0.5, 0.6) is 5.75 Å². The highest BCUT2D eigenvalue weighted by Crippen LogP contribution is 2.35. The number of ether oxygens (including phenoxy) is 2. The van der Waals surface area contributed by atoms with Crippen LogP contribution in [0.1, 0.15) is 57.7 Å². The minimum absolute atomic E-state index is 0.0652. The molecule has 3 aromatic carbocycles. The van der Waals surface area contributed by atoms with Crippen molar-refractivity contribution < 1.29 is 9.47 Å². The zero-order chi connectivity index (χ0) is 25.4. The summed E-state index contributed by atoms with van der Waals surface area (Å²) in [4.78, 5) is 2.55. The van der Waals surface area contributed by atoms with Crippen molar-refractivity contribution in [2.24, 2.45) is 0 Å². The van der Waals surface area contributed by atoms with E-state index in [1.54, 1.807) is 0 Å². The summed E-state index contributed by atoms with van der Waals surface area (Å²) in [6.07, 6.45) is 5.66. The van der Waals surface area contributed by atoms with Crippen LogP contribution in [0.2, 0.25) is 0 Å². The smallest absolute Gasteiger partial charge is 0.150 e. The molecule has 2 aliphatic heterocycles. The van der Waals surface area contributed by atoms with Gasteiger partial charge in [0, 0.05) is 36.2 Å². The second-order valence-corrected chi connectivity index (χ2v) is 10.5. The highest BCUT2D eigenvalue weighted by Gasteiger charge is 2.26. The summed E-state index contributed by atoms with van der Waals surface area (Å²) in [6.45, 7) is 7.05. The van der Waals surface area contributed by atoms with E-state index in [0.29, 0.717) is 24.3 Å². The number of aromatic nitrogens is 2. The van der Waals surface area contributed by atoms with Gasteiger partial charge in [-0.3, -0.25) is 4.90 Å². The standard InChI is InChI=1S/C31H34N4O2/c1-21-6-7-22(2)34(21)14-16-36-27-12-11-24-18-26(10-9-25(24)19-27)31-28-17-23(20-32)8-13-29(28)35(33-31)30-5-3-4-15-37-30/h8-13,17-19,21-22,30H,3-7,14-16H2,1-2H3. The molecular weight excluding hydrogens is 460 g/mol. The maximum Gasteiger partial charge on any atom is 0.150 e. The van der Waals surface area contributed by atoms with Crippen LogP contribution in [0.3, 0.4) is 0 Å². The minimum atomic E-state index is -0.0652. The van der Waals surface area contributed by atoms with E-state index < -0.39 is 0 Å². The normalized spacial score (nSPS) is 22.5. The summed E-state index contributed by atoms with van der Waals surface area (Å²) in [5.74, 6) is 0.905. The van der Waals surface area contributed by atoms with Crippen molar-refractivity contribution in [2.45, 2.75) is 64.3 Å². The van der Waals surface area contributed by atoms with Crippen molar-refractivity contribution in [3.63, 3.8) is 0 Å². The molecule has 37 heavy (non-hydrogen) atoms. The van der Waals surface area contributed by atoms with Gasteiger partial charge in [-0.25, -0.2) is 4.68 Å². The molecule has 0 amide bonds. The molecule has 1 aromatic heterocycles. The second kappa shape index (κ2) is 10.2. The molecule has 0 bridgehead atoms. The van der Waals surface area contributed by atoms with Gasteiger partial charge >= 0.3 is 0 Å². The van der Waals surface area contributed by atoms with Crippen LogP contribution in [0, 0.1) is 11.3 Å². The van der Waals surface area contributed by atoms with Gasteiger partial charge in [-0.15, -0.1) is 0 Å². The average molecular weight is 495 g/mol. The Morgan fingerprint density at radius 3 is 2.57 bits per heavy atom. The zero-order valence-electron chi connectivity index (χ0n) is 21.7. The minimum Gasteiger partial charge on any atom is -0.492 e. The lowest BCUT2D eigenvalue weighted by Crippen LogP contribution is -2.36. The second-order valence-electron chi connectivity index (χ2n) is 10.5. The predicted octanol–water partition coefficient (Wildman–Crippen LogP) is 6.68. The van der Waals surface area contributed by atoms with Crippen LogP contribution < -0.4 is 4.74 Å². The largest absolute Gasteiger partial charge is 0.492 e. The maximum atomic E-state index is 9.51. The fourth-order valence-electron chi connectivity index (χ4n) is 5.98. The van der Waals surface area contributed by atoms with Gasteiger partial charge in [0.1, 0.15) is 18.1 Å². The van der Waals surface area contributed by atoms with Crippen molar-refractivity contribution in [1.82, 2.24) is 14.7 Å². The third-order valence-corrected chi connectivity index (χ3v) is 8.10. The molecular formula is C31H34N4O2. The van der Waals surface area contributed by atoms with Crippen molar-refractivity contribution >= 4 is 21.7 Å². The van der Waals surface area contributed by atoms with Crippen molar-refractivity contribution in [3.05, 3.63) is 60.2 Å². The molecule has 0 saturated carbocycles. The van der Waals surface area contributed by atoms with E-state index in [1.165, 1.54) is 12.8 Å².